The first kappa shape index (κ1) is 13.6. The van der Waals surface area contributed by atoms with Crippen LogP contribution >= 0.6 is 23.1 Å². The fourth-order valence-corrected chi connectivity index (χ4v) is 4.15. The minimum Gasteiger partial charge on any atom is -0.321 e. The number of nitrogens with zero attached hydrogens (tertiary/aromatic N) is 3. The summed E-state index contributed by atoms with van der Waals surface area (Å²) in [6, 6.07) is 2.09. The van der Waals surface area contributed by atoms with Crippen LogP contribution in [0.1, 0.15) is 28.7 Å². The van der Waals surface area contributed by atoms with Crippen molar-refractivity contribution >= 4 is 29.0 Å². The molecule has 0 N–H and O–H groups in total. The molecule has 0 spiro atoms. The van der Waals surface area contributed by atoms with Gasteiger partial charge < -0.3 is 4.90 Å². The highest BCUT2D eigenvalue weighted by Crippen LogP contribution is 2.38. The predicted molar refractivity (Wildman–Crippen MR) is 81.5 cm³/mol. The van der Waals surface area contributed by atoms with Crippen molar-refractivity contribution in [2.45, 2.75) is 25.3 Å². The molecule has 1 aliphatic rings. The molecule has 104 valence electrons. The van der Waals surface area contributed by atoms with Gasteiger partial charge in [-0.25, -0.2) is 0 Å². The third kappa shape index (κ3) is 2.86. The van der Waals surface area contributed by atoms with Crippen molar-refractivity contribution < 1.29 is 4.79 Å². The predicted octanol–water partition coefficient (Wildman–Crippen LogP) is 3.01. The number of rotatable bonds is 3. The second-order valence-corrected chi connectivity index (χ2v) is 6.67. The number of thiophene rings is 1. The van der Waals surface area contributed by atoms with E-state index in [0.29, 0.717) is 13.0 Å². The molecule has 1 aliphatic heterocycles. The highest BCUT2D eigenvalue weighted by molar-refractivity contribution is 7.99. The molecule has 0 radical (unpaired) electrons. The van der Waals surface area contributed by atoms with Crippen LogP contribution in [0.2, 0.25) is 0 Å². The van der Waals surface area contributed by atoms with Gasteiger partial charge in [-0.15, -0.1) is 11.8 Å². The molecule has 0 aliphatic carbocycles. The highest BCUT2D eigenvalue weighted by atomic mass is 32.2. The van der Waals surface area contributed by atoms with E-state index in [1.165, 1.54) is 5.56 Å². The SMILES string of the molecule is Cc1cnc(CN2C(=O)CCSC2c2ccsc2)cn1. The average Bonchev–Trinajstić information content (AvgIpc) is 2.97. The van der Waals surface area contributed by atoms with Crippen LogP contribution in [-0.2, 0) is 11.3 Å². The Morgan fingerprint density at radius 3 is 3.00 bits per heavy atom. The van der Waals surface area contributed by atoms with Crippen molar-refractivity contribution in [2.75, 3.05) is 5.75 Å². The van der Waals surface area contributed by atoms with Gasteiger partial charge in [-0.2, -0.15) is 11.3 Å². The van der Waals surface area contributed by atoms with Crippen molar-refractivity contribution in [1.82, 2.24) is 14.9 Å². The summed E-state index contributed by atoms with van der Waals surface area (Å²) in [7, 11) is 0. The number of amides is 1. The molecule has 2 aromatic rings. The standard InChI is InChI=1S/C14H15N3OS2/c1-10-6-16-12(7-15-10)8-17-13(18)3-5-20-14(17)11-2-4-19-9-11/h2,4,6-7,9,14H,3,5,8H2,1H3. The molecule has 1 atom stereocenters. The number of aryl methyl sites for hydroxylation is 1. The summed E-state index contributed by atoms with van der Waals surface area (Å²) in [6.45, 7) is 2.44. The van der Waals surface area contributed by atoms with Crippen LogP contribution < -0.4 is 0 Å². The molecule has 2 aromatic heterocycles. The zero-order chi connectivity index (χ0) is 13.9. The summed E-state index contributed by atoms with van der Waals surface area (Å²) in [5.74, 6) is 1.08. The van der Waals surface area contributed by atoms with Crippen molar-refractivity contribution in [3.8, 4) is 0 Å². The molecule has 1 fully saturated rings. The maximum atomic E-state index is 12.2. The maximum absolute atomic E-state index is 12.2. The van der Waals surface area contributed by atoms with Gasteiger partial charge in [0.05, 0.1) is 24.1 Å². The minimum atomic E-state index is 0.102. The summed E-state index contributed by atoms with van der Waals surface area (Å²) in [6.07, 6.45) is 4.10. The molecule has 1 amide bonds. The monoisotopic (exact) mass is 305 g/mol. The average molecular weight is 305 g/mol. The van der Waals surface area contributed by atoms with Gasteiger partial charge in [-0.1, -0.05) is 0 Å². The molecular formula is C14H15N3OS2. The van der Waals surface area contributed by atoms with Crippen LogP contribution in [0.3, 0.4) is 0 Å². The normalized spacial score (nSPS) is 19.4. The topological polar surface area (TPSA) is 46.1 Å². The lowest BCUT2D eigenvalue weighted by Gasteiger charge is -2.34. The molecule has 3 heterocycles. The van der Waals surface area contributed by atoms with Crippen LogP contribution in [0.15, 0.2) is 29.2 Å². The second-order valence-electron chi connectivity index (χ2n) is 4.70. The number of hydrogen-bond acceptors (Lipinski definition) is 5. The first-order chi connectivity index (χ1) is 9.74. The highest BCUT2D eigenvalue weighted by Gasteiger charge is 2.30. The van der Waals surface area contributed by atoms with Crippen LogP contribution in [0.4, 0.5) is 0 Å². The van der Waals surface area contributed by atoms with Crippen molar-refractivity contribution in [3.05, 3.63) is 46.2 Å². The second kappa shape index (κ2) is 5.93. The molecule has 1 saturated heterocycles. The molecule has 3 rings (SSSR count). The third-order valence-electron chi connectivity index (χ3n) is 3.19. The summed E-state index contributed by atoms with van der Waals surface area (Å²) in [5.41, 5.74) is 2.93. The van der Waals surface area contributed by atoms with Crippen LogP contribution in [0, 0.1) is 6.92 Å². The number of carbonyl (C=O) groups excluding carboxylic acids is 1. The number of hydrogen-bond donors (Lipinski definition) is 0. The number of aromatic nitrogens is 2. The van der Waals surface area contributed by atoms with E-state index in [4.69, 9.17) is 0 Å². The Kier molecular flexibility index (Phi) is 4.03. The Hall–Kier alpha value is -1.40. The van der Waals surface area contributed by atoms with Gasteiger partial charge in [0.25, 0.3) is 0 Å². The zero-order valence-corrected chi connectivity index (χ0v) is 12.8. The number of carbonyl (C=O) groups is 1. The van der Waals surface area contributed by atoms with Crippen molar-refractivity contribution in [3.63, 3.8) is 0 Å². The Labute approximate surface area is 126 Å². The van der Waals surface area contributed by atoms with E-state index in [-0.39, 0.29) is 11.3 Å². The van der Waals surface area contributed by atoms with Gasteiger partial charge in [0.15, 0.2) is 0 Å². The molecular weight excluding hydrogens is 290 g/mol. The molecule has 0 aromatic carbocycles. The summed E-state index contributed by atoms with van der Waals surface area (Å²) in [5, 5.41) is 4.27. The Bertz CT molecular complexity index is 583. The Morgan fingerprint density at radius 2 is 2.30 bits per heavy atom. The summed E-state index contributed by atoms with van der Waals surface area (Å²) in [4.78, 5) is 22.8. The molecule has 0 bridgehead atoms. The first-order valence-electron chi connectivity index (χ1n) is 6.45. The third-order valence-corrected chi connectivity index (χ3v) is 5.17. The fourth-order valence-electron chi connectivity index (χ4n) is 2.16. The minimum absolute atomic E-state index is 0.102. The smallest absolute Gasteiger partial charge is 0.224 e. The van der Waals surface area contributed by atoms with Gasteiger partial charge in [0, 0.05) is 18.4 Å². The van der Waals surface area contributed by atoms with Gasteiger partial charge in [-0.3, -0.25) is 14.8 Å². The number of thioether (sulfide) groups is 1. The quantitative estimate of drug-likeness (QED) is 0.874. The van der Waals surface area contributed by atoms with E-state index < -0.39 is 0 Å². The van der Waals surface area contributed by atoms with E-state index in [9.17, 15) is 4.79 Å². The zero-order valence-electron chi connectivity index (χ0n) is 11.2. The summed E-state index contributed by atoms with van der Waals surface area (Å²) < 4.78 is 0. The molecule has 20 heavy (non-hydrogen) atoms. The van der Waals surface area contributed by atoms with E-state index in [1.54, 1.807) is 23.7 Å². The Balaban J connectivity index is 1.83. The van der Waals surface area contributed by atoms with Crippen LogP contribution in [-0.4, -0.2) is 26.5 Å². The van der Waals surface area contributed by atoms with Crippen LogP contribution in [0.5, 0.6) is 0 Å². The maximum Gasteiger partial charge on any atom is 0.224 e. The van der Waals surface area contributed by atoms with E-state index in [1.807, 2.05) is 23.6 Å². The van der Waals surface area contributed by atoms with E-state index in [2.05, 4.69) is 26.8 Å². The largest absolute Gasteiger partial charge is 0.321 e. The Morgan fingerprint density at radius 1 is 1.40 bits per heavy atom. The van der Waals surface area contributed by atoms with E-state index >= 15 is 0 Å². The molecule has 6 heteroatoms. The van der Waals surface area contributed by atoms with Gasteiger partial charge in [-0.05, 0) is 29.3 Å². The van der Waals surface area contributed by atoms with Gasteiger partial charge in [0.2, 0.25) is 5.91 Å². The molecule has 1 unspecified atom stereocenters. The molecule has 0 saturated carbocycles. The van der Waals surface area contributed by atoms with Crippen LogP contribution in [0.25, 0.3) is 0 Å². The van der Waals surface area contributed by atoms with Crippen molar-refractivity contribution in [1.29, 1.82) is 0 Å². The van der Waals surface area contributed by atoms with Gasteiger partial charge in [0.1, 0.15) is 5.37 Å². The van der Waals surface area contributed by atoms with Gasteiger partial charge >= 0.3 is 0 Å². The van der Waals surface area contributed by atoms with Crippen molar-refractivity contribution in [2.24, 2.45) is 0 Å². The fraction of sp³-hybridized carbons (Fsp3) is 0.357. The molecule has 4 nitrogen and oxygen atoms in total. The summed E-state index contributed by atoms with van der Waals surface area (Å²) >= 11 is 3.48. The lowest BCUT2D eigenvalue weighted by atomic mass is 10.2. The van der Waals surface area contributed by atoms with E-state index in [0.717, 1.165) is 17.1 Å². The lowest BCUT2D eigenvalue weighted by Crippen LogP contribution is -2.36. The first-order valence-corrected chi connectivity index (χ1v) is 8.44. The lowest BCUT2D eigenvalue weighted by molar-refractivity contribution is -0.132.